The van der Waals surface area contributed by atoms with Gasteiger partial charge >= 0.3 is 5.97 Å². The predicted molar refractivity (Wildman–Crippen MR) is 140 cm³/mol. The number of methoxy groups -OCH3 is 1. The van der Waals surface area contributed by atoms with Crippen molar-refractivity contribution in [3.05, 3.63) is 35.9 Å². The standard InChI is InChI=1S/C29H39IO4/c1-17(31)25-23(34-26(32)18-7-5-4-6-8-18)14-22-20-13-24(33-3)29-15-19(29)9-11-27(29,2)21(20)10-12-28(22,25)16-30/h4-8,17,19-25,31H,9-16H2,1-3H3/t17-,19+,20+,21-,22-,23-,24+,25-,27+,28+,29-/m0/s1. The molecular weight excluding hydrogens is 539 g/mol. The summed E-state index contributed by atoms with van der Waals surface area (Å²) in [5.41, 5.74) is 1.41. The zero-order chi connectivity index (χ0) is 23.9. The monoisotopic (exact) mass is 578 g/mol. The van der Waals surface area contributed by atoms with E-state index in [0.29, 0.717) is 34.3 Å². The van der Waals surface area contributed by atoms with E-state index < -0.39 is 6.10 Å². The van der Waals surface area contributed by atoms with E-state index >= 15 is 0 Å². The molecule has 0 heterocycles. The summed E-state index contributed by atoms with van der Waals surface area (Å²) in [4.78, 5) is 13.1. The van der Waals surface area contributed by atoms with Crippen LogP contribution in [0.2, 0.25) is 0 Å². The lowest BCUT2D eigenvalue weighted by Crippen LogP contribution is -2.58. The van der Waals surface area contributed by atoms with Crippen molar-refractivity contribution in [1.29, 1.82) is 0 Å². The fraction of sp³-hybridized carbons (Fsp3) is 0.759. The van der Waals surface area contributed by atoms with Crippen LogP contribution in [0.4, 0.5) is 0 Å². The first-order valence-electron chi connectivity index (χ1n) is 13.4. The average molecular weight is 579 g/mol. The van der Waals surface area contributed by atoms with Crippen LogP contribution < -0.4 is 0 Å². The van der Waals surface area contributed by atoms with Crippen LogP contribution in [-0.4, -0.2) is 40.9 Å². The number of fused-ring (bicyclic) bond motifs is 4. The Morgan fingerprint density at radius 2 is 1.94 bits per heavy atom. The molecule has 6 rings (SSSR count). The Morgan fingerprint density at radius 3 is 2.59 bits per heavy atom. The van der Waals surface area contributed by atoms with Crippen LogP contribution >= 0.6 is 22.6 Å². The van der Waals surface area contributed by atoms with E-state index in [1.54, 1.807) is 0 Å². The molecule has 0 saturated heterocycles. The number of alkyl halides is 1. The summed E-state index contributed by atoms with van der Waals surface area (Å²) >= 11 is 2.56. The molecule has 1 spiro atoms. The Kier molecular flexibility index (Phi) is 5.70. The highest BCUT2D eigenvalue weighted by atomic mass is 127. The van der Waals surface area contributed by atoms with Gasteiger partial charge in [-0.2, -0.15) is 0 Å². The van der Waals surface area contributed by atoms with Crippen LogP contribution in [0.3, 0.4) is 0 Å². The number of esters is 1. The summed E-state index contributed by atoms with van der Waals surface area (Å²) in [6.45, 7) is 4.51. The molecule has 1 aromatic carbocycles. The molecule has 5 aliphatic carbocycles. The molecule has 5 aliphatic rings. The Bertz CT molecular complexity index is 951. The summed E-state index contributed by atoms with van der Waals surface area (Å²) < 4.78 is 13.5. The molecule has 1 N–H and O–H groups in total. The molecule has 1 aromatic rings. The number of aliphatic hydroxyl groups excluding tert-OH is 1. The molecule has 34 heavy (non-hydrogen) atoms. The van der Waals surface area contributed by atoms with Crippen molar-refractivity contribution < 1.29 is 19.4 Å². The molecular formula is C29H39IO4. The third-order valence-corrected chi connectivity index (χ3v) is 13.1. The number of hydrogen-bond donors (Lipinski definition) is 1. The highest BCUT2D eigenvalue weighted by Crippen LogP contribution is 2.82. The van der Waals surface area contributed by atoms with Crippen molar-refractivity contribution in [1.82, 2.24) is 0 Å². The van der Waals surface area contributed by atoms with Crippen LogP contribution in [0.25, 0.3) is 0 Å². The Hall–Kier alpha value is -0.660. The van der Waals surface area contributed by atoms with E-state index in [2.05, 4.69) is 29.5 Å². The fourth-order valence-corrected chi connectivity index (χ4v) is 11.8. The predicted octanol–water partition coefficient (Wildman–Crippen LogP) is 5.90. The summed E-state index contributed by atoms with van der Waals surface area (Å²) in [5, 5.41) is 11.1. The first kappa shape index (κ1) is 23.7. The van der Waals surface area contributed by atoms with Gasteiger partial charge < -0.3 is 14.6 Å². The third-order valence-electron chi connectivity index (χ3n) is 11.7. The minimum atomic E-state index is -0.493. The first-order chi connectivity index (χ1) is 16.3. The van der Waals surface area contributed by atoms with Gasteiger partial charge in [-0.3, -0.25) is 0 Å². The number of carbonyl (C=O) groups is 1. The molecule has 0 radical (unpaired) electrons. The number of ether oxygens (including phenoxy) is 2. The zero-order valence-electron chi connectivity index (χ0n) is 20.7. The lowest BCUT2D eigenvalue weighted by atomic mass is 9.45. The number of carbonyl (C=O) groups excluding carboxylic acids is 1. The van der Waals surface area contributed by atoms with Gasteiger partial charge in [0, 0.05) is 22.9 Å². The van der Waals surface area contributed by atoms with Gasteiger partial charge in [0.2, 0.25) is 0 Å². The van der Waals surface area contributed by atoms with Crippen molar-refractivity contribution in [2.75, 3.05) is 11.5 Å². The molecule has 5 heteroatoms. The maximum absolute atomic E-state index is 13.1. The molecule has 5 fully saturated rings. The van der Waals surface area contributed by atoms with E-state index in [-0.39, 0.29) is 23.4 Å². The van der Waals surface area contributed by atoms with Crippen LogP contribution in [0.15, 0.2) is 30.3 Å². The van der Waals surface area contributed by atoms with Crippen LogP contribution in [0.5, 0.6) is 0 Å². The first-order valence-corrected chi connectivity index (χ1v) is 14.9. The second-order valence-electron chi connectivity index (χ2n) is 12.5. The van der Waals surface area contributed by atoms with Gasteiger partial charge in [-0.1, -0.05) is 47.7 Å². The van der Waals surface area contributed by atoms with Gasteiger partial charge in [-0.15, -0.1) is 0 Å². The van der Waals surface area contributed by atoms with Crippen molar-refractivity contribution in [2.45, 2.75) is 77.1 Å². The van der Waals surface area contributed by atoms with Gasteiger partial charge in [0.1, 0.15) is 6.10 Å². The van der Waals surface area contributed by atoms with Crippen molar-refractivity contribution in [3.8, 4) is 0 Å². The number of benzene rings is 1. The van der Waals surface area contributed by atoms with Gasteiger partial charge in [-0.05, 0) is 98.5 Å². The van der Waals surface area contributed by atoms with Gasteiger partial charge in [0.25, 0.3) is 0 Å². The lowest BCUT2D eigenvalue weighted by molar-refractivity contribution is -0.161. The molecule has 0 unspecified atom stereocenters. The second kappa shape index (κ2) is 8.17. The zero-order valence-corrected chi connectivity index (χ0v) is 22.9. The van der Waals surface area contributed by atoms with Gasteiger partial charge in [-0.25, -0.2) is 4.79 Å². The van der Waals surface area contributed by atoms with Crippen LogP contribution in [0.1, 0.15) is 69.2 Å². The van der Waals surface area contributed by atoms with E-state index in [9.17, 15) is 9.90 Å². The minimum Gasteiger partial charge on any atom is -0.458 e. The summed E-state index contributed by atoms with van der Waals surface area (Å²) in [5.74, 6) is 2.39. The van der Waals surface area contributed by atoms with E-state index in [1.807, 2.05) is 44.4 Å². The average Bonchev–Trinajstić information content (AvgIpc) is 3.36. The number of aliphatic hydroxyl groups is 1. The van der Waals surface area contributed by atoms with E-state index in [4.69, 9.17) is 9.47 Å². The van der Waals surface area contributed by atoms with Crippen molar-refractivity contribution in [2.24, 2.45) is 45.8 Å². The molecule has 0 aliphatic heterocycles. The largest absolute Gasteiger partial charge is 0.458 e. The fourth-order valence-electron chi connectivity index (χ4n) is 10.4. The van der Waals surface area contributed by atoms with Gasteiger partial charge in [0.05, 0.1) is 17.8 Å². The minimum absolute atomic E-state index is 0.00930. The quantitative estimate of drug-likeness (QED) is 0.269. The maximum atomic E-state index is 13.1. The Morgan fingerprint density at radius 1 is 1.18 bits per heavy atom. The molecule has 4 nitrogen and oxygen atoms in total. The van der Waals surface area contributed by atoms with Crippen LogP contribution in [0, 0.1) is 45.8 Å². The second-order valence-corrected chi connectivity index (χ2v) is 13.2. The number of halogens is 1. The van der Waals surface area contributed by atoms with Crippen molar-refractivity contribution in [3.63, 3.8) is 0 Å². The topological polar surface area (TPSA) is 55.8 Å². The van der Waals surface area contributed by atoms with Crippen LogP contribution in [-0.2, 0) is 9.47 Å². The highest BCUT2D eigenvalue weighted by Gasteiger charge is 2.78. The number of rotatable bonds is 5. The third kappa shape index (κ3) is 2.98. The lowest BCUT2D eigenvalue weighted by Gasteiger charge is -2.61. The summed E-state index contributed by atoms with van der Waals surface area (Å²) in [6, 6.07) is 9.32. The summed E-state index contributed by atoms with van der Waals surface area (Å²) in [7, 11) is 1.93. The van der Waals surface area contributed by atoms with E-state index in [1.165, 1.54) is 25.7 Å². The smallest absolute Gasteiger partial charge is 0.338 e. The number of hydrogen-bond acceptors (Lipinski definition) is 4. The molecule has 0 bridgehead atoms. The molecule has 11 atom stereocenters. The molecule has 5 saturated carbocycles. The van der Waals surface area contributed by atoms with Gasteiger partial charge in [0.15, 0.2) is 0 Å². The molecule has 186 valence electrons. The van der Waals surface area contributed by atoms with E-state index in [0.717, 1.165) is 35.5 Å². The highest BCUT2D eigenvalue weighted by molar-refractivity contribution is 14.1. The summed E-state index contributed by atoms with van der Waals surface area (Å²) in [6.07, 6.45) is 8.11. The normalized spacial score (nSPS) is 49.4. The van der Waals surface area contributed by atoms with Crippen molar-refractivity contribution >= 4 is 28.6 Å². The Balaban J connectivity index is 1.34. The molecule has 0 aromatic heterocycles. The molecule has 0 amide bonds. The maximum Gasteiger partial charge on any atom is 0.338 e. The Labute approximate surface area is 217 Å². The SMILES string of the molecule is CO[C@@H]1C[C@H]2[C@@H]3C[C@H](OC(=O)c4ccccc4)[C@H]([C@H](C)O)[C@@]3(CI)CC[C@@H]2[C@@]2(C)CC[C@@H]3C[C@]312.